The van der Waals surface area contributed by atoms with E-state index in [1.807, 2.05) is 54.6 Å². The smallest absolute Gasteiger partial charge is 0.274 e. The second-order valence-corrected chi connectivity index (χ2v) is 6.17. The minimum atomic E-state index is -0.132. The third kappa shape index (κ3) is 2.98. The quantitative estimate of drug-likeness (QED) is 0.705. The number of amides is 1. The molecule has 1 amide bonds. The lowest BCUT2D eigenvalue weighted by molar-refractivity contribution is 0.0711. The summed E-state index contributed by atoms with van der Waals surface area (Å²) in [5.41, 5.74) is 3.66. The zero-order valence-corrected chi connectivity index (χ0v) is 13.9. The molecule has 4 rings (SSSR count). The first-order valence-electron chi connectivity index (χ1n) is 8.29. The van der Waals surface area contributed by atoms with Crippen LogP contribution in [-0.4, -0.2) is 16.6 Å². The molecule has 1 unspecified atom stereocenters. The summed E-state index contributed by atoms with van der Waals surface area (Å²) >= 11 is 0. The summed E-state index contributed by atoms with van der Waals surface area (Å²) in [5, 5.41) is 6.19. The molecule has 0 bridgehead atoms. The van der Waals surface area contributed by atoms with Crippen LogP contribution in [0, 0.1) is 6.92 Å². The van der Waals surface area contributed by atoms with Crippen molar-refractivity contribution in [3.63, 3.8) is 0 Å². The molecule has 1 aromatic heterocycles. The van der Waals surface area contributed by atoms with Crippen LogP contribution in [0.15, 0.2) is 82.5 Å². The van der Waals surface area contributed by atoms with Crippen molar-refractivity contribution in [2.24, 2.45) is 5.10 Å². The Balaban J connectivity index is 1.74. The van der Waals surface area contributed by atoms with Gasteiger partial charge in [0.05, 0.1) is 12.3 Å². The SMILES string of the molecule is Cc1cccc(C2CC(c3ccco3)=NN2C(=O)c2ccccc2)c1. The minimum Gasteiger partial charge on any atom is -0.463 e. The van der Waals surface area contributed by atoms with Crippen molar-refractivity contribution in [1.29, 1.82) is 0 Å². The fraction of sp³-hybridized carbons (Fsp3) is 0.143. The van der Waals surface area contributed by atoms with Crippen molar-refractivity contribution in [2.45, 2.75) is 19.4 Å². The highest BCUT2D eigenvalue weighted by molar-refractivity contribution is 6.03. The summed E-state index contributed by atoms with van der Waals surface area (Å²) in [6.45, 7) is 2.05. The fourth-order valence-electron chi connectivity index (χ4n) is 3.14. The van der Waals surface area contributed by atoms with Crippen LogP contribution in [0.3, 0.4) is 0 Å². The maximum Gasteiger partial charge on any atom is 0.274 e. The number of benzene rings is 2. The molecule has 1 atom stereocenters. The molecule has 1 aliphatic rings. The summed E-state index contributed by atoms with van der Waals surface area (Å²) in [4.78, 5) is 13.0. The van der Waals surface area contributed by atoms with Gasteiger partial charge in [0.2, 0.25) is 0 Å². The number of hydrazone groups is 1. The Morgan fingerprint density at radius 1 is 1.08 bits per heavy atom. The van der Waals surface area contributed by atoms with E-state index in [1.54, 1.807) is 11.3 Å². The summed E-state index contributed by atoms with van der Waals surface area (Å²) in [6, 6.07) is 21.1. The molecule has 0 spiro atoms. The summed E-state index contributed by atoms with van der Waals surface area (Å²) in [6.07, 6.45) is 2.26. The summed E-state index contributed by atoms with van der Waals surface area (Å²) in [5.74, 6) is 0.606. The molecule has 0 aliphatic carbocycles. The molecule has 4 heteroatoms. The maximum atomic E-state index is 13.0. The van der Waals surface area contributed by atoms with Crippen LogP contribution < -0.4 is 0 Å². The van der Waals surface area contributed by atoms with Gasteiger partial charge in [0, 0.05) is 12.0 Å². The number of carbonyl (C=O) groups excluding carboxylic acids is 1. The molecule has 4 nitrogen and oxygen atoms in total. The average molecular weight is 330 g/mol. The van der Waals surface area contributed by atoms with Crippen LogP contribution >= 0.6 is 0 Å². The second kappa shape index (κ2) is 6.40. The fourth-order valence-corrected chi connectivity index (χ4v) is 3.14. The number of hydrogen-bond acceptors (Lipinski definition) is 3. The van der Waals surface area contributed by atoms with E-state index in [9.17, 15) is 4.79 Å². The number of carbonyl (C=O) groups is 1. The molecule has 2 aromatic carbocycles. The molecule has 1 aliphatic heterocycles. The maximum absolute atomic E-state index is 13.0. The third-order valence-corrected chi connectivity index (χ3v) is 4.37. The Hall–Kier alpha value is -3.14. The monoisotopic (exact) mass is 330 g/mol. The van der Waals surface area contributed by atoms with Crippen LogP contribution in [0.1, 0.15) is 39.7 Å². The highest BCUT2D eigenvalue weighted by Crippen LogP contribution is 2.34. The van der Waals surface area contributed by atoms with Gasteiger partial charge in [0.1, 0.15) is 11.5 Å². The van der Waals surface area contributed by atoms with Crippen LogP contribution in [0.25, 0.3) is 0 Å². The molecular weight excluding hydrogens is 312 g/mol. The number of hydrogen-bond donors (Lipinski definition) is 0. The Kier molecular flexibility index (Phi) is 3.94. The van der Waals surface area contributed by atoms with E-state index >= 15 is 0 Å². The Morgan fingerprint density at radius 3 is 2.64 bits per heavy atom. The Labute approximate surface area is 146 Å². The molecule has 0 fully saturated rings. The van der Waals surface area contributed by atoms with Gasteiger partial charge >= 0.3 is 0 Å². The van der Waals surface area contributed by atoms with Gasteiger partial charge in [-0.25, -0.2) is 5.01 Å². The van der Waals surface area contributed by atoms with E-state index in [-0.39, 0.29) is 11.9 Å². The first kappa shape index (κ1) is 15.4. The van der Waals surface area contributed by atoms with Crippen LogP contribution in [0.4, 0.5) is 0 Å². The lowest BCUT2D eigenvalue weighted by Crippen LogP contribution is -2.27. The first-order chi connectivity index (χ1) is 12.2. The molecule has 0 N–H and O–H groups in total. The predicted octanol–water partition coefficient (Wildman–Crippen LogP) is 4.58. The first-order valence-corrected chi connectivity index (χ1v) is 8.29. The van der Waals surface area contributed by atoms with Crippen molar-refractivity contribution in [1.82, 2.24) is 5.01 Å². The van der Waals surface area contributed by atoms with E-state index in [0.29, 0.717) is 17.7 Å². The molecule has 124 valence electrons. The standard InChI is InChI=1S/C21H18N2O2/c1-15-7-5-10-17(13-15)19-14-18(20-11-6-12-25-20)22-23(19)21(24)16-8-3-2-4-9-16/h2-13,19H,14H2,1H3. The largest absolute Gasteiger partial charge is 0.463 e. The molecule has 3 aromatic rings. The molecule has 0 saturated carbocycles. The van der Waals surface area contributed by atoms with E-state index in [2.05, 4.69) is 24.2 Å². The normalized spacial score (nSPS) is 16.8. The van der Waals surface area contributed by atoms with Crippen molar-refractivity contribution >= 4 is 11.6 Å². The van der Waals surface area contributed by atoms with Crippen LogP contribution in [-0.2, 0) is 0 Å². The van der Waals surface area contributed by atoms with E-state index < -0.39 is 0 Å². The van der Waals surface area contributed by atoms with E-state index in [0.717, 1.165) is 16.8 Å². The van der Waals surface area contributed by atoms with Gasteiger partial charge in [-0.15, -0.1) is 0 Å². The number of nitrogens with zero attached hydrogens (tertiary/aromatic N) is 2. The zero-order chi connectivity index (χ0) is 17.2. The van der Waals surface area contributed by atoms with Crippen molar-refractivity contribution in [3.05, 3.63) is 95.4 Å². The summed E-state index contributed by atoms with van der Waals surface area (Å²) in [7, 11) is 0. The number of furan rings is 1. The molecule has 25 heavy (non-hydrogen) atoms. The average Bonchev–Trinajstić information content (AvgIpc) is 3.31. The van der Waals surface area contributed by atoms with Gasteiger partial charge < -0.3 is 4.42 Å². The second-order valence-electron chi connectivity index (χ2n) is 6.17. The lowest BCUT2D eigenvalue weighted by Gasteiger charge is -2.22. The van der Waals surface area contributed by atoms with Gasteiger partial charge in [-0.05, 0) is 36.8 Å². The number of aryl methyl sites for hydroxylation is 1. The zero-order valence-electron chi connectivity index (χ0n) is 13.9. The van der Waals surface area contributed by atoms with Crippen molar-refractivity contribution < 1.29 is 9.21 Å². The van der Waals surface area contributed by atoms with Gasteiger partial charge in [-0.2, -0.15) is 5.10 Å². The van der Waals surface area contributed by atoms with Gasteiger partial charge in [0.15, 0.2) is 0 Å². The lowest BCUT2D eigenvalue weighted by atomic mass is 9.99. The predicted molar refractivity (Wildman–Crippen MR) is 96.4 cm³/mol. The molecule has 0 radical (unpaired) electrons. The topological polar surface area (TPSA) is 45.8 Å². The van der Waals surface area contributed by atoms with Crippen LogP contribution in [0.5, 0.6) is 0 Å². The number of rotatable bonds is 3. The molecule has 2 heterocycles. The highest BCUT2D eigenvalue weighted by atomic mass is 16.3. The van der Waals surface area contributed by atoms with Gasteiger partial charge in [0.25, 0.3) is 5.91 Å². The van der Waals surface area contributed by atoms with Crippen molar-refractivity contribution in [3.8, 4) is 0 Å². The highest BCUT2D eigenvalue weighted by Gasteiger charge is 2.34. The molecule has 0 saturated heterocycles. The Bertz CT molecular complexity index is 914. The van der Waals surface area contributed by atoms with E-state index in [4.69, 9.17) is 4.42 Å². The third-order valence-electron chi connectivity index (χ3n) is 4.37. The van der Waals surface area contributed by atoms with E-state index in [1.165, 1.54) is 0 Å². The minimum absolute atomic E-state index is 0.103. The van der Waals surface area contributed by atoms with Gasteiger partial charge in [-0.1, -0.05) is 48.0 Å². The van der Waals surface area contributed by atoms with Crippen molar-refractivity contribution in [2.75, 3.05) is 0 Å². The van der Waals surface area contributed by atoms with Crippen LogP contribution in [0.2, 0.25) is 0 Å². The molecular formula is C21H18N2O2. The summed E-state index contributed by atoms with van der Waals surface area (Å²) < 4.78 is 5.49. The van der Waals surface area contributed by atoms with Gasteiger partial charge in [-0.3, -0.25) is 4.79 Å². The Morgan fingerprint density at radius 2 is 1.92 bits per heavy atom.